The van der Waals surface area contributed by atoms with Gasteiger partial charge in [-0.1, -0.05) is 12.1 Å². The summed E-state index contributed by atoms with van der Waals surface area (Å²) in [6.45, 7) is 7.52. The first-order valence-corrected chi connectivity index (χ1v) is 4.82. The molecule has 1 rings (SSSR count). The van der Waals surface area contributed by atoms with E-state index in [9.17, 15) is 10.1 Å². The summed E-state index contributed by atoms with van der Waals surface area (Å²) in [6.07, 6.45) is 1.61. The third-order valence-corrected chi connectivity index (χ3v) is 2.53. The van der Waals surface area contributed by atoms with Crippen molar-refractivity contribution in [1.82, 2.24) is 0 Å². The highest BCUT2D eigenvalue weighted by Crippen LogP contribution is 2.18. The number of rotatable bonds is 2. The van der Waals surface area contributed by atoms with Gasteiger partial charge in [-0.25, -0.2) is 0 Å². The first-order valence-electron chi connectivity index (χ1n) is 4.82. The Morgan fingerprint density at radius 3 is 2.27 bits per heavy atom. The molecule has 0 heterocycles. The quantitative estimate of drug-likeness (QED) is 0.549. The standard InChI is InChI=1S/C12H15NO2/c1-8-5-10(3)12(6-9(8)2)7-11(4)13(14)15/h5-7H,1-4H3. The fourth-order valence-electron chi connectivity index (χ4n) is 1.42. The summed E-state index contributed by atoms with van der Waals surface area (Å²) in [5, 5.41) is 10.5. The number of allylic oxidation sites excluding steroid dienone is 1. The molecule has 80 valence electrons. The van der Waals surface area contributed by atoms with Crippen molar-refractivity contribution in [2.75, 3.05) is 0 Å². The number of hydrogen-bond acceptors (Lipinski definition) is 2. The maximum absolute atomic E-state index is 10.5. The Morgan fingerprint density at radius 1 is 1.20 bits per heavy atom. The molecule has 0 amide bonds. The lowest BCUT2D eigenvalue weighted by molar-refractivity contribution is -0.422. The van der Waals surface area contributed by atoms with E-state index in [1.165, 1.54) is 12.5 Å². The summed E-state index contributed by atoms with van der Waals surface area (Å²) in [5.74, 6) is 0. The van der Waals surface area contributed by atoms with Gasteiger partial charge in [0.1, 0.15) is 0 Å². The molecule has 0 aliphatic heterocycles. The Labute approximate surface area is 89.6 Å². The highest BCUT2D eigenvalue weighted by Gasteiger charge is 2.05. The summed E-state index contributed by atoms with van der Waals surface area (Å²) in [6, 6.07) is 4.03. The Hall–Kier alpha value is -1.64. The van der Waals surface area contributed by atoms with E-state index in [4.69, 9.17) is 0 Å². The molecule has 0 unspecified atom stereocenters. The van der Waals surface area contributed by atoms with Crippen molar-refractivity contribution in [2.24, 2.45) is 0 Å². The first kappa shape index (κ1) is 11.4. The molecular weight excluding hydrogens is 190 g/mol. The molecule has 1 aromatic rings. The number of benzene rings is 1. The molecule has 0 fully saturated rings. The molecule has 0 N–H and O–H groups in total. The van der Waals surface area contributed by atoms with Gasteiger partial charge in [0, 0.05) is 13.0 Å². The summed E-state index contributed by atoms with van der Waals surface area (Å²) in [7, 11) is 0. The number of aryl methyl sites for hydroxylation is 3. The molecule has 15 heavy (non-hydrogen) atoms. The average Bonchev–Trinajstić information content (AvgIpc) is 2.13. The lowest BCUT2D eigenvalue weighted by Crippen LogP contribution is -1.95. The second-order valence-corrected chi connectivity index (χ2v) is 3.84. The minimum Gasteiger partial charge on any atom is -0.259 e. The molecule has 0 saturated heterocycles. The normalized spacial score (nSPS) is 11.6. The molecule has 3 heteroatoms. The topological polar surface area (TPSA) is 43.1 Å². The van der Waals surface area contributed by atoms with Crippen molar-refractivity contribution in [3.8, 4) is 0 Å². The van der Waals surface area contributed by atoms with Gasteiger partial charge in [-0.15, -0.1) is 0 Å². The van der Waals surface area contributed by atoms with Gasteiger partial charge in [0.25, 0.3) is 0 Å². The van der Waals surface area contributed by atoms with Crippen LogP contribution in [-0.2, 0) is 0 Å². The molecule has 3 nitrogen and oxygen atoms in total. The molecular formula is C12H15NO2. The average molecular weight is 205 g/mol. The van der Waals surface area contributed by atoms with Gasteiger partial charge < -0.3 is 0 Å². The number of nitro groups is 1. The van der Waals surface area contributed by atoms with Crippen LogP contribution in [0.2, 0.25) is 0 Å². The van der Waals surface area contributed by atoms with Crippen molar-refractivity contribution < 1.29 is 4.92 Å². The number of nitrogens with zero attached hydrogens (tertiary/aromatic N) is 1. The summed E-state index contributed by atoms with van der Waals surface area (Å²) < 4.78 is 0. The highest BCUT2D eigenvalue weighted by atomic mass is 16.6. The maximum Gasteiger partial charge on any atom is 0.243 e. The van der Waals surface area contributed by atoms with E-state index in [1.807, 2.05) is 32.9 Å². The van der Waals surface area contributed by atoms with E-state index in [0.717, 1.165) is 16.7 Å². The predicted molar refractivity (Wildman–Crippen MR) is 61.3 cm³/mol. The number of hydrogen-bond donors (Lipinski definition) is 0. The van der Waals surface area contributed by atoms with Gasteiger partial charge in [0.05, 0.1) is 4.92 Å². The van der Waals surface area contributed by atoms with Gasteiger partial charge in [0.2, 0.25) is 5.70 Å². The zero-order valence-corrected chi connectivity index (χ0v) is 9.50. The second kappa shape index (κ2) is 4.26. The van der Waals surface area contributed by atoms with Crippen molar-refractivity contribution in [3.05, 3.63) is 50.2 Å². The van der Waals surface area contributed by atoms with Crippen LogP contribution in [0.25, 0.3) is 6.08 Å². The van der Waals surface area contributed by atoms with E-state index < -0.39 is 0 Å². The Balaban J connectivity index is 3.22. The summed E-state index contributed by atoms with van der Waals surface area (Å²) in [4.78, 5) is 10.1. The Morgan fingerprint density at radius 2 is 1.73 bits per heavy atom. The van der Waals surface area contributed by atoms with Gasteiger partial charge in [-0.3, -0.25) is 10.1 Å². The zero-order chi connectivity index (χ0) is 11.6. The molecule has 0 aliphatic rings. The van der Waals surface area contributed by atoms with E-state index >= 15 is 0 Å². The first-order chi connectivity index (χ1) is 6.91. The minimum atomic E-state index is -0.366. The Bertz CT molecular complexity index is 433. The molecule has 0 aliphatic carbocycles. The molecule has 0 aromatic heterocycles. The van der Waals surface area contributed by atoms with Crippen molar-refractivity contribution in [2.45, 2.75) is 27.7 Å². The van der Waals surface area contributed by atoms with Crippen molar-refractivity contribution >= 4 is 6.08 Å². The van der Waals surface area contributed by atoms with E-state index in [-0.39, 0.29) is 10.6 Å². The van der Waals surface area contributed by atoms with Crippen molar-refractivity contribution in [1.29, 1.82) is 0 Å². The molecule has 0 atom stereocenters. The van der Waals surface area contributed by atoms with Crippen LogP contribution >= 0.6 is 0 Å². The third-order valence-electron chi connectivity index (χ3n) is 2.53. The van der Waals surface area contributed by atoms with Crippen LogP contribution < -0.4 is 0 Å². The highest BCUT2D eigenvalue weighted by molar-refractivity contribution is 5.57. The fourth-order valence-corrected chi connectivity index (χ4v) is 1.42. The van der Waals surface area contributed by atoms with E-state index in [1.54, 1.807) is 6.08 Å². The second-order valence-electron chi connectivity index (χ2n) is 3.84. The summed E-state index contributed by atoms with van der Waals surface area (Å²) in [5.41, 5.74) is 4.53. The van der Waals surface area contributed by atoms with E-state index in [0.29, 0.717) is 0 Å². The molecule has 1 aromatic carbocycles. The predicted octanol–water partition coefficient (Wildman–Crippen LogP) is 3.25. The fraction of sp³-hybridized carbons (Fsp3) is 0.333. The Kier molecular flexibility index (Phi) is 3.24. The van der Waals surface area contributed by atoms with Crippen LogP contribution in [0.15, 0.2) is 17.8 Å². The van der Waals surface area contributed by atoms with Crippen LogP contribution in [0.1, 0.15) is 29.2 Å². The van der Waals surface area contributed by atoms with Gasteiger partial charge in [0.15, 0.2) is 0 Å². The van der Waals surface area contributed by atoms with Crippen LogP contribution in [0.4, 0.5) is 0 Å². The third kappa shape index (κ3) is 2.65. The van der Waals surface area contributed by atoms with Gasteiger partial charge >= 0.3 is 0 Å². The van der Waals surface area contributed by atoms with Crippen LogP contribution in [0.5, 0.6) is 0 Å². The smallest absolute Gasteiger partial charge is 0.243 e. The zero-order valence-electron chi connectivity index (χ0n) is 9.50. The van der Waals surface area contributed by atoms with Crippen LogP contribution in [-0.4, -0.2) is 4.92 Å². The van der Waals surface area contributed by atoms with Crippen molar-refractivity contribution in [3.63, 3.8) is 0 Å². The minimum absolute atomic E-state index is 0.168. The lowest BCUT2D eigenvalue weighted by atomic mass is 10.0. The molecule has 0 radical (unpaired) electrons. The lowest BCUT2D eigenvalue weighted by Gasteiger charge is -2.05. The van der Waals surface area contributed by atoms with Crippen LogP contribution in [0, 0.1) is 30.9 Å². The monoisotopic (exact) mass is 205 g/mol. The van der Waals surface area contributed by atoms with E-state index in [2.05, 4.69) is 0 Å². The largest absolute Gasteiger partial charge is 0.259 e. The van der Waals surface area contributed by atoms with Crippen LogP contribution in [0.3, 0.4) is 0 Å². The van der Waals surface area contributed by atoms with Gasteiger partial charge in [-0.05, 0) is 43.0 Å². The SMILES string of the molecule is CC(=Cc1cc(C)c(C)cc1C)[N+](=O)[O-]. The molecule has 0 bridgehead atoms. The maximum atomic E-state index is 10.5. The summed E-state index contributed by atoms with van der Waals surface area (Å²) >= 11 is 0. The molecule has 0 spiro atoms. The molecule has 0 saturated carbocycles. The van der Waals surface area contributed by atoms with Gasteiger partial charge in [-0.2, -0.15) is 0 Å².